The number of carbonyl (C=O) groups is 1. The van der Waals surface area contributed by atoms with Crippen molar-refractivity contribution in [3.8, 4) is 18.2 Å². The lowest BCUT2D eigenvalue weighted by Gasteiger charge is -2.45. The maximum Gasteiger partial charge on any atom is 0.410 e. The molecule has 2 heterocycles. The zero-order chi connectivity index (χ0) is 21.4. The van der Waals surface area contributed by atoms with Crippen LogP contribution in [0.1, 0.15) is 31.6 Å². The lowest BCUT2D eigenvalue weighted by molar-refractivity contribution is 0.0225. The number of nitriles is 3. The summed E-state index contributed by atoms with van der Waals surface area (Å²) in [7, 11) is 0. The zero-order valence-electron chi connectivity index (χ0n) is 16.5. The second-order valence-electron chi connectivity index (χ2n) is 8.08. The van der Waals surface area contributed by atoms with Crippen molar-refractivity contribution in [2.45, 2.75) is 32.3 Å². The van der Waals surface area contributed by atoms with Crippen LogP contribution < -0.4 is 5.73 Å². The number of fused-ring (bicyclic) bond motifs is 1. The molecule has 0 aromatic carbocycles. The van der Waals surface area contributed by atoms with Gasteiger partial charge in [0.2, 0.25) is 0 Å². The number of amides is 1. The van der Waals surface area contributed by atoms with E-state index in [2.05, 4.69) is 18.2 Å². The minimum absolute atomic E-state index is 0.0170. The van der Waals surface area contributed by atoms with Gasteiger partial charge in [0.15, 0.2) is 5.41 Å². The van der Waals surface area contributed by atoms with Crippen LogP contribution in [-0.2, 0) is 4.74 Å². The Morgan fingerprint density at radius 3 is 2.55 bits per heavy atom. The first kappa shape index (κ1) is 20.5. The van der Waals surface area contributed by atoms with Crippen LogP contribution in [0, 0.1) is 45.3 Å². The maximum atomic E-state index is 12.6. The molecule has 2 atom stereocenters. The first-order valence-corrected chi connectivity index (χ1v) is 10.0. The Labute approximate surface area is 173 Å². The van der Waals surface area contributed by atoms with Crippen LogP contribution in [0.4, 0.5) is 4.79 Å². The van der Waals surface area contributed by atoms with E-state index in [0.717, 1.165) is 4.88 Å². The minimum Gasteiger partial charge on any atom is -0.444 e. The van der Waals surface area contributed by atoms with E-state index >= 15 is 0 Å². The molecule has 1 amide bonds. The molecule has 0 spiro atoms. The molecule has 2 aliphatic rings. The van der Waals surface area contributed by atoms with Gasteiger partial charge in [0, 0.05) is 29.8 Å². The molecule has 0 radical (unpaired) electrons. The van der Waals surface area contributed by atoms with Gasteiger partial charge in [-0.1, -0.05) is 12.1 Å². The average Bonchev–Trinajstić information content (AvgIpc) is 3.19. The maximum absolute atomic E-state index is 12.6. The van der Waals surface area contributed by atoms with Crippen molar-refractivity contribution in [1.82, 2.24) is 4.90 Å². The molecule has 2 N–H and O–H groups in total. The number of rotatable bonds is 1. The van der Waals surface area contributed by atoms with Crippen LogP contribution in [0.2, 0.25) is 0 Å². The Morgan fingerprint density at radius 1 is 1.34 bits per heavy atom. The standard InChI is InChI=1S/C21H21N5O2S/c1-20(2,3)28-19(27)26-7-6-13-14(9-22)18(25)21(11-23,12-24)17(15(13)10-26)16-5-4-8-29-16/h4-6,8,15,17H,7,10,25H2,1-3H3/t15-,17-/m0/s1. The molecule has 3 rings (SSSR count). The van der Waals surface area contributed by atoms with Crippen molar-refractivity contribution < 1.29 is 9.53 Å². The summed E-state index contributed by atoms with van der Waals surface area (Å²) >= 11 is 1.42. The van der Waals surface area contributed by atoms with E-state index in [9.17, 15) is 20.6 Å². The molecule has 0 saturated heterocycles. The van der Waals surface area contributed by atoms with Gasteiger partial charge in [-0.15, -0.1) is 11.3 Å². The summed E-state index contributed by atoms with van der Waals surface area (Å²) < 4.78 is 5.49. The Balaban J connectivity index is 2.14. The first-order chi connectivity index (χ1) is 13.7. The summed E-state index contributed by atoms with van der Waals surface area (Å²) in [6.07, 6.45) is 1.31. The van der Waals surface area contributed by atoms with Gasteiger partial charge in [0.05, 0.1) is 23.4 Å². The molecule has 1 aliphatic carbocycles. The Kier molecular flexibility index (Phi) is 5.13. The molecule has 148 valence electrons. The molecule has 7 nitrogen and oxygen atoms in total. The van der Waals surface area contributed by atoms with Crippen LogP contribution in [0.15, 0.2) is 40.4 Å². The fourth-order valence-corrected chi connectivity index (χ4v) is 4.89. The van der Waals surface area contributed by atoms with Crippen LogP contribution >= 0.6 is 11.3 Å². The molecule has 0 saturated carbocycles. The van der Waals surface area contributed by atoms with E-state index in [0.29, 0.717) is 5.57 Å². The van der Waals surface area contributed by atoms with E-state index in [1.807, 2.05) is 17.5 Å². The van der Waals surface area contributed by atoms with E-state index < -0.39 is 28.9 Å². The van der Waals surface area contributed by atoms with Crippen LogP contribution in [0.25, 0.3) is 0 Å². The van der Waals surface area contributed by atoms with Crippen molar-refractivity contribution in [2.75, 3.05) is 13.1 Å². The highest BCUT2D eigenvalue weighted by Crippen LogP contribution is 2.55. The second kappa shape index (κ2) is 7.28. The summed E-state index contributed by atoms with van der Waals surface area (Å²) in [5.74, 6) is -1.01. The van der Waals surface area contributed by atoms with Gasteiger partial charge in [0.25, 0.3) is 0 Å². The second-order valence-corrected chi connectivity index (χ2v) is 9.06. The van der Waals surface area contributed by atoms with Crippen LogP contribution in [0.3, 0.4) is 0 Å². The summed E-state index contributed by atoms with van der Waals surface area (Å²) in [4.78, 5) is 15.0. The number of hydrogen-bond donors (Lipinski definition) is 1. The molecule has 0 fully saturated rings. The van der Waals surface area contributed by atoms with Gasteiger partial charge in [0.1, 0.15) is 11.7 Å². The average molecular weight is 407 g/mol. The number of allylic oxidation sites excluding steroid dienone is 2. The summed E-state index contributed by atoms with van der Waals surface area (Å²) in [6, 6.07) is 9.95. The molecule has 0 bridgehead atoms. The highest BCUT2D eigenvalue weighted by Gasteiger charge is 2.55. The third-order valence-electron chi connectivity index (χ3n) is 5.17. The normalized spacial score (nSPS) is 23.2. The van der Waals surface area contributed by atoms with Crippen molar-refractivity contribution >= 4 is 17.4 Å². The van der Waals surface area contributed by atoms with Gasteiger partial charge >= 0.3 is 6.09 Å². The fourth-order valence-electron chi connectivity index (χ4n) is 3.93. The quantitative estimate of drug-likeness (QED) is 0.760. The van der Waals surface area contributed by atoms with Crippen molar-refractivity contribution in [3.63, 3.8) is 0 Å². The van der Waals surface area contributed by atoms with Crippen molar-refractivity contribution in [3.05, 3.63) is 45.3 Å². The predicted molar refractivity (Wildman–Crippen MR) is 107 cm³/mol. The molecule has 1 aromatic rings. The molecule has 29 heavy (non-hydrogen) atoms. The number of hydrogen-bond acceptors (Lipinski definition) is 7. The van der Waals surface area contributed by atoms with Gasteiger partial charge in [-0.05, 0) is 37.8 Å². The van der Waals surface area contributed by atoms with Gasteiger partial charge in [-0.3, -0.25) is 0 Å². The van der Waals surface area contributed by atoms with E-state index in [1.54, 1.807) is 26.8 Å². The summed E-state index contributed by atoms with van der Waals surface area (Å²) in [6.45, 7) is 5.87. The molecule has 1 aromatic heterocycles. The van der Waals surface area contributed by atoms with E-state index in [1.165, 1.54) is 16.2 Å². The number of carbonyl (C=O) groups excluding carboxylic acids is 1. The molecular weight excluding hydrogens is 386 g/mol. The fraction of sp³-hybridized carbons (Fsp3) is 0.429. The number of nitrogens with zero attached hydrogens (tertiary/aromatic N) is 4. The third-order valence-corrected chi connectivity index (χ3v) is 6.12. The monoisotopic (exact) mass is 407 g/mol. The molecular formula is C21H21N5O2S. The Morgan fingerprint density at radius 2 is 2.03 bits per heavy atom. The minimum atomic E-state index is -1.69. The van der Waals surface area contributed by atoms with E-state index in [4.69, 9.17) is 10.5 Å². The van der Waals surface area contributed by atoms with Gasteiger partial charge < -0.3 is 15.4 Å². The lowest BCUT2D eigenvalue weighted by atomic mass is 9.59. The zero-order valence-corrected chi connectivity index (χ0v) is 17.3. The summed E-state index contributed by atoms with van der Waals surface area (Å²) in [5.41, 5.74) is 4.74. The molecule has 1 aliphatic heterocycles. The van der Waals surface area contributed by atoms with Crippen LogP contribution in [0.5, 0.6) is 0 Å². The Bertz CT molecular complexity index is 997. The lowest BCUT2D eigenvalue weighted by Crippen LogP contribution is -2.49. The summed E-state index contributed by atoms with van der Waals surface area (Å²) in [5, 5.41) is 31.6. The molecule has 0 unspecified atom stereocenters. The largest absolute Gasteiger partial charge is 0.444 e. The third kappa shape index (κ3) is 3.35. The highest BCUT2D eigenvalue weighted by atomic mass is 32.1. The smallest absolute Gasteiger partial charge is 0.410 e. The van der Waals surface area contributed by atoms with Gasteiger partial charge in [-0.2, -0.15) is 15.8 Å². The predicted octanol–water partition coefficient (Wildman–Crippen LogP) is 3.41. The highest BCUT2D eigenvalue weighted by molar-refractivity contribution is 7.10. The van der Waals surface area contributed by atoms with Crippen LogP contribution in [-0.4, -0.2) is 29.7 Å². The number of ether oxygens (including phenoxy) is 1. The number of thiophene rings is 1. The molecule has 8 heteroatoms. The Hall–Kier alpha value is -3.28. The topological polar surface area (TPSA) is 127 Å². The van der Waals surface area contributed by atoms with Crippen molar-refractivity contribution in [1.29, 1.82) is 15.8 Å². The van der Waals surface area contributed by atoms with Gasteiger partial charge in [-0.25, -0.2) is 4.79 Å². The van der Waals surface area contributed by atoms with E-state index in [-0.39, 0.29) is 24.4 Å². The first-order valence-electron chi connectivity index (χ1n) is 9.13. The number of nitrogens with two attached hydrogens (primary N) is 1. The van der Waals surface area contributed by atoms with Crippen molar-refractivity contribution in [2.24, 2.45) is 17.1 Å². The SMILES string of the molecule is CC(C)(C)OC(=O)N1CC=C2C(C#N)=C(N)C(C#N)(C#N)[C@H](c3cccs3)[C@H]2C1.